The smallest absolute Gasteiger partial charge is 0.195 e. The predicted octanol–water partition coefficient (Wildman–Crippen LogP) is 3.66. The molecule has 1 aliphatic carbocycles. The summed E-state index contributed by atoms with van der Waals surface area (Å²) in [4.78, 5) is 12.3. The second-order valence-electron chi connectivity index (χ2n) is 7.42. The number of rotatable bonds is 6. The Morgan fingerprint density at radius 2 is 1.32 bits per heavy atom. The van der Waals surface area contributed by atoms with Gasteiger partial charge in [0, 0.05) is 12.3 Å². The van der Waals surface area contributed by atoms with E-state index in [1.54, 1.807) is 36.4 Å². The van der Waals surface area contributed by atoms with Crippen molar-refractivity contribution in [3.63, 3.8) is 0 Å². The van der Waals surface area contributed by atoms with E-state index in [4.69, 9.17) is 0 Å². The van der Waals surface area contributed by atoms with Gasteiger partial charge in [0.05, 0.1) is 9.79 Å². The van der Waals surface area contributed by atoms with Crippen LogP contribution >= 0.6 is 0 Å². The van der Waals surface area contributed by atoms with Crippen LogP contribution in [0.3, 0.4) is 0 Å². The lowest BCUT2D eigenvalue weighted by Crippen LogP contribution is -2.36. The van der Waals surface area contributed by atoms with E-state index in [-0.39, 0.29) is 27.9 Å². The summed E-state index contributed by atoms with van der Waals surface area (Å²) in [5.41, 5.74) is 0. The summed E-state index contributed by atoms with van der Waals surface area (Å²) >= 11 is 0. The highest BCUT2D eigenvalue weighted by Gasteiger charge is 2.43. The van der Waals surface area contributed by atoms with Gasteiger partial charge in [-0.3, -0.25) is 4.79 Å². The molecule has 0 aliphatic heterocycles. The SMILES string of the molecule is C[C@@H]1CCC(=O)[C@@H](CC(S(=O)(=O)c2ccccc2)S(=O)(=O)c2ccccc2)C1. The van der Waals surface area contributed by atoms with E-state index in [2.05, 4.69) is 0 Å². The van der Waals surface area contributed by atoms with Crippen molar-refractivity contribution in [2.24, 2.45) is 11.8 Å². The van der Waals surface area contributed by atoms with Gasteiger partial charge < -0.3 is 0 Å². The molecule has 1 fully saturated rings. The van der Waals surface area contributed by atoms with Gasteiger partial charge in [-0.25, -0.2) is 16.8 Å². The largest absolute Gasteiger partial charge is 0.299 e. The third-order valence-electron chi connectivity index (χ3n) is 5.34. The van der Waals surface area contributed by atoms with Crippen LogP contribution in [0.4, 0.5) is 0 Å². The first-order chi connectivity index (χ1) is 13.2. The maximum absolute atomic E-state index is 13.3. The lowest BCUT2D eigenvalue weighted by molar-refractivity contribution is -0.125. The highest BCUT2D eigenvalue weighted by molar-refractivity contribution is 8.09. The fourth-order valence-electron chi connectivity index (χ4n) is 3.73. The van der Waals surface area contributed by atoms with Gasteiger partial charge in [0.15, 0.2) is 24.3 Å². The molecule has 0 N–H and O–H groups in total. The number of benzene rings is 2. The van der Waals surface area contributed by atoms with Gasteiger partial charge in [0.2, 0.25) is 0 Å². The molecule has 0 amide bonds. The third kappa shape index (κ3) is 4.20. The normalized spacial score (nSPS) is 21.0. The molecule has 3 rings (SSSR count). The Balaban J connectivity index is 2.08. The average Bonchev–Trinajstić information content (AvgIpc) is 2.69. The molecule has 1 saturated carbocycles. The van der Waals surface area contributed by atoms with Crippen LogP contribution in [0.15, 0.2) is 70.5 Å². The molecule has 0 unspecified atom stereocenters. The first-order valence-electron chi connectivity index (χ1n) is 9.33. The van der Waals surface area contributed by atoms with Gasteiger partial charge in [-0.15, -0.1) is 0 Å². The summed E-state index contributed by atoms with van der Waals surface area (Å²) < 4.78 is 51.6. The zero-order chi connectivity index (χ0) is 20.4. The lowest BCUT2D eigenvalue weighted by atomic mass is 9.80. The summed E-state index contributed by atoms with van der Waals surface area (Å²) in [7, 11) is -8.37. The summed E-state index contributed by atoms with van der Waals surface area (Å²) in [6.45, 7) is 2.01. The van der Waals surface area contributed by atoms with E-state index in [1.165, 1.54) is 24.3 Å². The second kappa shape index (κ2) is 8.17. The van der Waals surface area contributed by atoms with Gasteiger partial charge in [0.25, 0.3) is 0 Å². The molecule has 2 aromatic carbocycles. The van der Waals surface area contributed by atoms with Gasteiger partial charge in [0.1, 0.15) is 5.78 Å². The number of carbonyl (C=O) groups is 1. The molecule has 0 aromatic heterocycles. The summed E-state index contributed by atoms with van der Waals surface area (Å²) in [6.07, 6.45) is 1.44. The molecule has 0 saturated heterocycles. The van der Waals surface area contributed by atoms with Gasteiger partial charge in [-0.2, -0.15) is 0 Å². The van der Waals surface area contributed by atoms with E-state index in [0.717, 1.165) is 6.42 Å². The van der Waals surface area contributed by atoms with Gasteiger partial charge in [-0.05, 0) is 49.4 Å². The summed E-state index contributed by atoms with van der Waals surface area (Å²) in [6, 6.07) is 15.2. The van der Waals surface area contributed by atoms with Crippen molar-refractivity contribution >= 4 is 25.5 Å². The standard InChI is InChI=1S/C21H24O5S2/c1-16-12-13-20(22)17(14-16)15-21(27(23,24)18-8-4-2-5-9-18)28(25,26)19-10-6-3-7-11-19/h2-11,16-17,21H,12-15H2,1H3/t16-,17-/m1/s1. The Morgan fingerprint density at radius 3 is 1.79 bits per heavy atom. The molecular formula is C21H24O5S2. The van der Waals surface area contributed by atoms with E-state index >= 15 is 0 Å². The monoisotopic (exact) mass is 420 g/mol. The summed E-state index contributed by atoms with van der Waals surface area (Å²) in [5, 5.41) is 0. The van der Waals surface area contributed by atoms with Crippen LogP contribution in [0.5, 0.6) is 0 Å². The zero-order valence-corrected chi connectivity index (χ0v) is 17.3. The fourth-order valence-corrected chi connectivity index (χ4v) is 8.38. The van der Waals surface area contributed by atoms with E-state index in [0.29, 0.717) is 12.8 Å². The first kappa shape index (κ1) is 20.7. The van der Waals surface area contributed by atoms with E-state index in [1.807, 2.05) is 6.92 Å². The molecule has 1 aliphatic rings. The Labute approximate surface area is 166 Å². The van der Waals surface area contributed by atoms with Crippen LogP contribution in [0.2, 0.25) is 0 Å². The molecule has 0 spiro atoms. The number of hydrogen-bond acceptors (Lipinski definition) is 5. The Morgan fingerprint density at radius 1 is 0.857 bits per heavy atom. The molecule has 2 atom stereocenters. The van der Waals surface area contributed by atoms with Crippen molar-refractivity contribution in [2.45, 2.75) is 47.0 Å². The number of ketones is 1. The zero-order valence-electron chi connectivity index (χ0n) is 15.7. The quantitative estimate of drug-likeness (QED) is 0.712. The van der Waals surface area contributed by atoms with Crippen LogP contribution < -0.4 is 0 Å². The molecular weight excluding hydrogens is 396 g/mol. The maximum atomic E-state index is 13.3. The minimum Gasteiger partial charge on any atom is -0.299 e. The van der Waals surface area contributed by atoms with Crippen molar-refractivity contribution in [1.82, 2.24) is 0 Å². The molecule has 28 heavy (non-hydrogen) atoms. The van der Waals surface area contributed by atoms with Crippen molar-refractivity contribution in [1.29, 1.82) is 0 Å². The maximum Gasteiger partial charge on any atom is 0.195 e. The molecule has 5 nitrogen and oxygen atoms in total. The van der Waals surface area contributed by atoms with Crippen molar-refractivity contribution in [3.8, 4) is 0 Å². The number of sulfone groups is 2. The highest BCUT2D eigenvalue weighted by Crippen LogP contribution is 2.35. The topological polar surface area (TPSA) is 85.3 Å². The summed E-state index contributed by atoms with van der Waals surface area (Å²) in [5.74, 6) is -0.345. The van der Waals surface area contributed by atoms with Gasteiger partial charge in [-0.1, -0.05) is 43.3 Å². The number of carbonyl (C=O) groups excluding carboxylic acids is 1. The van der Waals surface area contributed by atoms with Crippen LogP contribution in [0.1, 0.15) is 32.6 Å². The average molecular weight is 421 g/mol. The second-order valence-corrected chi connectivity index (χ2v) is 12.0. The highest BCUT2D eigenvalue weighted by atomic mass is 32.3. The van der Waals surface area contributed by atoms with Crippen LogP contribution in [-0.4, -0.2) is 27.2 Å². The van der Waals surface area contributed by atoms with Crippen LogP contribution in [0, 0.1) is 11.8 Å². The molecule has 0 heterocycles. The predicted molar refractivity (Wildman–Crippen MR) is 107 cm³/mol. The first-order valence-corrected chi connectivity index (χ1v) is 12.4. The molecule has 2 aromatic rings. The molecule has 0 radical (unpaired) electrons. The lowest BCUT2D eigenvalue weighted by Gasteiger charge is -2.28. The third-order valence-corrected chi connectivity index (χ3v) is 10.5. The van der Waals surface area contributed by atoms with E-state index in [9.17, 15) is 21.6 Å². The Kier molecular flexibility index (Phi) is 6.05. The van der Waals surface area contributed by atoms with Crippen molar-refractivity contribution < 1.29 is 21.6 Å². The minimum absolute atomic E-state index is 0.0455. The molecule has 150 valence electrons. The van der Waals surface area contributed by atoms with Crippen LogP contribution in [0.25, 0.3) is 0 Å². The van der Waals surface area contributed by atoms with E-state index < -0.39 is 30.2 Å². The Bertz CT molecular complexity index is 959. The molecule has 0 bridgehead atoms. The molecule has 7 heteroatoms. The Hall–Kier alpha value is -1.99. The number of hydrogen-bond donors (Lipinski definition) is 0. The van der Waals surface area contributed by atoms with Crippen molar-refractivity contribution in [3.05, 3.63) is 60.7 Å². The minimum atomic E-state index is -4.19. The van der Waals surface area contributed by atoms with Crippen molar-refractivity contribution in [2.75, 3.05) is 0 Å². The fraction of sp³-hybridized carbons (Fsp3) is 0.381. The number of Topliss-reactive ketones (excluding diaryl/α,β-unsaturated/α-hetero) is 1. The van der Waals surface area contributed by atoms with Gasteiger partial charge >= 0.3 is 0 Å². The van der Waals surface area contributed by atoms with Crippen LogP contribution in [-0.2, 0) is 24.5 Å².